The van der Waals surface area contributed by atoms with Gasteiger partial charge < -0.3 is 16.0 Å². The lowest BCUT2D eigenvalue weighted by atomic mass is 10.3. The van der Waals surface area contributed by atoms with Gasteiger partial charge >= 0.3 is 0 Å². The average Bonchev–Trinajstić information content (AvgIpc) is 2.27. The molecule has 5 heteroatoms. The Morgan fingerprint density at radius 3 is 2.88 bits per heavy atom. The van der Waals surface area contributed by atoms with Crippen LogP contribution in [0.4, 0.5) is 11.4 Å². The summed E-state index contributed by atoms with van der Waals surface area (Å²) in [6, 6.07) is 1.82. The molecular formula is C11H18N4O. The first-order chi connectivity index (χ1) is 7.69. The molecule has 3 N–H and O–H groups in total. The van der Waals surface area contributed by atoms with Crippen LogP contribution in [0.1, 0.15) is 13.8 Å². The fraction of sp³-hybridized carbons (Fsp3) is 0.455. The standard InChI is InChI=1S/C11H18N4O/c1-3-14-11(16)8-15(4-2)10-5-6-13-7-9(10)12/h5-7H,3-4,8,12H2,1-2H3,(H,14,16). The van der Waals surface area contributed by atoms with Crippen LogP contribution in [-0.4, -0.2) is 30.5 Å². The van der Waals surface area contributed by atoms with E-state index in [9.17, 15) is 4.79 Å². The molecule has 0 saturated carbocycles. The predicted octanol–water partition coefficient (Wildman–Crippen LogP) is 0.626. The van der Waals surface area contributed by atoms with E-state index in [1.165, 1.54) is 0 Å². The molecule has 0 aliphatic rings. The van der Waals surface area contributed by atoms with Crippen LogP contribution < -0.4 is 16.0 Å². The maximum Gasteiger partial charge on any atom is 0.239 e. The summed E-state index contributed by atoms with van der Waals surface area (Å²) in [5.74, 6) is 0.000521. The van der Waals surface area contributed by atoms with E-state index in [0.29, 0.717) is 18.8 Å². The van der Waals surface area contributed by atoms with E-state index in [2.05, 4.69) is 10.3 Å². The smallest absolute Gasteiger partial charge is 0.239 e. The minimum Gasteiger partial charge on any atom is -0.396 e. The summed E-state index contributed by atoms with van der Waals surface area (Å²) >= 11 is 0. The van der Waals surface area contributed by atoms with Gasteiger partial charge in [-0.05, 0) is 19.9 Å². The second kappa shape index (κ2) is 5.95. The maximum atomic E-state index is 11.5. The van der Waals surface area contributed by atoms with Crippen LogP contribution in [0.2, 0.25) is 0 Å². The molecule has 1 amide bonds. The lowest BCUT2D eigenvalue weighted by molar-refractivity contribution is -0.119. The third-order valence-electron chi connectivity index (χ3n) is 2.26. The van der Waals surface area contributed by atoms with Crippen LogP contribution in [0.3, 0.4) is 0 Å². The highest BCUT2D eigenvalue weighted by Crippen LogP contribution is 2.20. The number of nitrogens with one attached hydrogen (secondary N) is 1. The van der Waals surface area contributed by atoms with E-state index in [1.807, 2.05) is 24.8 Å². The zero-order chi connectivity index (χ0) is 12.0. The molecule has 0 fully saturated rings. The number of nitrogen functional groups attached to an aromatic ring is 1. The van der Waals surface area contributed by atoms with Crippen molar-refractivity contribution in [2.75, 3.05) is 30.3 Å². The van der Waals surface area contributed by atoms with Crippen molar-refractivity contribution in [1.82, 2.24) is 10.3 Å². The number of carbonyl (C=O) groups is 1. The SMILES string of the molecule is CCNC(=O)CN(CC)c1ccncc1N. The van der Waals surface area contributed by atoms with Gasteiger partial charge in [0.05, 0.1) is 24.1 Å². The summed E-state index contributed by atoms with van der Waals surface area (Å²) in [7, 11) is 0. The molecule has 88 valence electrons. The zero-order valence-electron chi connectivity index (χ0n) is 9.73. The van der Waals surface area contributed by atoms with Crippen molar-refractivity contribution in [3.05, 3.63) is 18.5 Å². The molecule has 0 saturated heterocycles. The second-order valence-electron chi connectivity index (χ2n) is 3.40. The van der Waals surface area contributed by atoms with E-state index in [1.54, 1.807) is 12.4 Å². The Morgan fingerprint density at radius 2 is 2.31 bits per heavy atom. The molecule has 1 aromatic heterocycles. The van der Waals surface area contributed by atoms with Gasteiger partial charge in [0, 0.05) is 19.3 Å². The number of hydrogen-bond donors (Lipinski definition) is 2. The van der Waals surface area contributed by atoms with Crippen LogP contribution in [0.5, 0.6) is 0 Å². The van der Waals surface area contributed by atoms with E-state index < -0.39 is 0 Å². The molecule has 0 spiro atoms. The topological polar surface area (TPSA) is 71.2 Å². The Bertz CT molecular complexity index is 354. The van der Waals surface area contributed by atoms with Gasteiger partial charge in [-0.25, -0.2) is 0 Å². The number of hydrogen-bond acceptors (Lipinski definition) is 4. The normalized spacial score (nSPS) is 9.88. The van der Waals surface area contributed by atoms with Crippen molar-refractivity contribution in [3.63, 3.8) is 0 Å². The van der Waals surface area contributed by atoms with E-state index in [0.717, 1.165) is 12.2 Å². The number of likely N-dealkylation sites (N-methyl/N-ethyl adjacent to an activating group) is 2. The lowest BCUT2D eigenvalue weighted by Gasteiger charge is -2.23. The van der Waals surface area contributed by atoms with Crippen molar-refractivity contribution in [1.29, 1.82) is 0 Å². The van der Waals surface area contributed by atoms with Gasteiger partial charge in [-0.2, -0.15) is 0 Å². The number of anilines is 2. The van der Waals surface area contributed by atoms with Gasteiger partial charge in [0.15, 0.2) is 0 Å². The largest absolute Gasteiger partial charge is 0.396 e. The van der Waals surface area contributed by atoms with Crippen molar-refractivity contribution < 1.29 is 4.79 Å². The number of rotatable bonds is 5. The van der Waals surface area contributed by atoms with Gasteiger partial charge in [0.1, 0.15) is 0 Å². The maximum absolute atomic E-state index is 11.5. The number of nitrogens with zero attached hydrogens (tertiary/aromatic N) is 2. The molecule has 5 nitrogen and oxygen atoms in total. The van der Waals surface area contributed by atoms with Gasteiger partial charge in [-0.3, -0.25) is 9.78 Å². The second-order valence-corrected chi connectivity index (χ2v) is 3.40. The summed E-state index contributed by atoms with van der Waals surface area (Å²) in [4.78, 5) is 17.3. The van der Waals surface area contributed by atoms with Crippen LogP contribution in [0.25, 0.3) is 0 Å². The Kier molecular flexibility index (Phi) is 4.57. The fourth-order valence-corrected chi connectivity index (χ4v) is 1.48. The summed E-state index contributed by atoms with van der Waals surface area (Å²) in [6.45, 7) is 5.57. The minimum absolute atomic E-state index is 0.000521. The van der Waals surface area contributed by atoms with Crippen LogP contribution in [0.15, 0.2) is 18.5 Å². The number of carbonyl (C=O) groups excluding carboxylic acids is 1. The zero-order valence-corrected chi connectivity index (χ0v) is 9.73. The third kappa shape index (κ3) is 3.12. The first-order valence-electron chi connectivity index (χ1n) is 5.40. The molecule has 0 unspecified atom stereocenters. The third-order valence-corrected chi connectivity index (χ3v) is 2.26. The van der Waals surface area contributed by atoms with E-state index in [4.69, 9.17) is 5.73 Å². The number of pyridine rings is 1. The molecule has 1 aromatic rings. The van der Waals surface area contributed by atoms with Crippen LogP contribution >= 0.6 is 0 Å². The van der Waals surface area contributed by atoms with Crippen LogP contribution in [-0.2, 0) is 4.79 Å². The lowest BCUT2D eigenvalue weighted by Crippen LogP contribution is -2.37. The van der Waals surface area contributed by atoms with Crippen LogP contribution in [0, 0.1) is 0 Å². The Hall–Kier alpha value is -1.78. The molecular weight excluding hydrogens is 204 g/mol. The highest BCUT2D eigenvalue weighted by molar-refractivity contribution is 5.82. The Labute approximate surface area is 95.7 Å². The highest BCUT2D eigenvalue weighted by atomic mass is 16.2. The molecule has 0 aromatic carbocycles. The molecule has 1 heterocycles. The fourth-order valence-electron chi connectivity index (χ4n) is 1.48. The monoisotopic (exact) mass is 222 g/mol. The molecule has 0 radical (unpaired) electrons. The summed E-state index contributed by atoms with van der Waals surface area (Å²) in [5.41, 5.74) is 7.25. The van der Waals surface area contributed by atoms with Crippen molar-refractivity contribution >= 4 is 17.3 Å². The molecule has 0 atom stereocenters. The first kappa shape index (κ1) is 12.3. The highest BCUT2D eigenvalue weighted by Gasteiger charge is 2.11. The van der Waals surface area contributed by atoms with Crippen molar-refractivity contribution in [2.24, 2.45) is 0 Å². The minimum atomic E-state index is 0.000521. The predicted molar refractivity (Wildman–Crippen MR) is 65.2 cm³/mol. The molecule has 16 heavy (non-hydrogen) atoms. The molecule has 0 aliphatic heterocycles. The summed E-state index contributed by atoms with van der Waals surface area (Å²) in [5, 5.41) is 2.76. The van der Waals surface area contributed by atoms with Gasteiger partial charge in [-0.15, -0.1) is 0 Å². The first-order valence-corrected chi connectivity index (χ1v) is 5.40. The number of nitrogens with two attached hydrogens (primary N) is 1. The van der Waals surface area contributed by atoms with Crippen molar-refractivity contribution in [3.8, 4) is 0 Å². The molecule has 0 aliphatic carbocycles. The van der Waals surface area contributed by atoms with Gasteiger partial charge in [0.2, 0.25) is 5.91 Å². The Morgan fingerprint density at radius 1 is 1.56 bits per heavy atom. The molecule has 0 bridgehead atoms. The van der Waals surface area contributed by atoms with E-state index >= 15 is 0 Å². The summed E-state index contributed by atoms with van der Waals surface area (Å²) < 4.78 is 0. The van der Waals surface area contributed by atoms with Gasteiger partial charge in [-0.1, -0.05) is 0 Å². The van der Waals surface area contributed by atoms with Crippen molar-refractivity contribution in [2.45, 2.75) is 13.8 Å². The quantitative estimate of drug-likeness (QED) is 0.766. The number of amides is 1. The van der Waals surface area contributed by atoms with E-state index in [-0.39, 0.29) is 5.91 Å². The summed E-state index contributed by atoms with van der Waals surface area (Å²) in [6.07, 6.45) is 3.27. The Balaban J connectivity index is 2.75. The molecule has 1 rings (SSSR count). The van der Waals surface area contributed by atoms with Gasteiger partial charge in [0.25, 0.3) is 0 Å². The number of aromatic nitrogens is 1. The average molecular weight is 222 g/mol.